The molecule has 128 valence electrons. The van der Waals surface area contributed by atoms with Gasteiger partial charge in [0.05, 0.1) is 5.92 Å². The lowest BCUT2D eigenvalue weighted by atomic mass is 9.86. The minimum absolute atomic E-state index is 0.233. The zero-order valence-corrected chi connectivity index (χ0v) is 14.1. The summed E-state index contributed by atoms with van der Waals surface area (Å²) in [5.41, 5.74) is 5.74. The van der Waals surface area contributed by atoms with E-state index in [1.54, 1.807) is 0 Å². The molecule has 1 atom stereocenters. The summed E-state index contributed by atoms with van der Waals surface area (Å²) in [5.74, 6) is -1.25. The number of hydrogen-bond donors (Lipinski definition) is 1. The second-order valence-electron chi connectivity index (χ2n) is 6.94. The quantitative estimate of drug-likeness (QED) is 0.773. The summed E-state index contributed by atoms with van der Waals surface area (Å²) in [4.78, 5) is 11.5. The number of rotatable bonds is 3. The zero-order valence-electron chi connectivity index (χ0n) is 14.1. The van der Waals surface area contributed by atoms with Crippen molar-refractivity contribution in [2.45, 2.75) is 32.7 Å². The maximum atomic E-state index is 13.2. The number of nitrogens with zero attached hydrogens (tertiary/aromatic N) is 1. The second-order valence-corrected chi connectivity index (χ2v) is 6.94. The van der Waals surface area contributed by atoms with E-state index >= 15 is 0 Å². The van der Waals surface area contributed by atoms with Gasteiger partial charge in [-0.3, -0.25) is 4.79 Å². The van der Waals surface area contributed by atoms with Gasteiger partial charge < -0.3 is 9.67 Å². The maximum Gasteiger partial charge on any atom is 0.306 e. The van der Waals surface area contributed by atoms with Crippen molar-refractivity contribution < 1.29 is 14.3 Å². The van der Waals surface area contributed by atoms with Crippen LogP contribution in [0.2, 0.25) is 0 Å². The van der Waals surface area contributed by atoms with Crippen LogP contribution in [-0.4, -0.2) is 15.6 Å². The lowest BCUT2D eigenvalue weighted by molar-refractivity contribution is -0.142. The van der Waals surface area contributed by atoms with Crippen LogP contribution < -0.4 is 0 Å². The Morgan fingerprint density at radius 1 is 1.24 bits per heavy atom. The highest BCUT2D eigenvalue weighted by Crippen LogP contribution is 2.35. The first-order valence-electron chi connectivity index (χ1n) is 8.61. The number of aliphatic carboxylic acids is 1. The molecule has 2 aromatic carbocycles. The topological polar surface area (TPSA) is 42.2 Å². The molecule has 1 aliphatic rings. The molecule has 0 aliphatic heterocycles. The van der Waals surface area contributed by atoms with Crippen molar-refractivity contribution in [1.29, 1.82) is 0 Å². The average Bonchev–Trinajstić information content (AvgIpc) is 2.89. The predicted octanol–water partition coefficient (Wildman–Crippen LogP) is 4.33. The molecular weight excluding hydrogens is 317 g/mol. The van der Waals surface area contributed by atoms with E-state index in [1.807, 2.05) is 12.1 Å². The number of carbonyl (C=O) groups is 1. The summed E-state index contributed by atoms with van der Waals surface area (Å²) in [6.07, 6.45) is 2.02. The lowest BCUT2D eigenvalue weighted by Crippen LogP contribution is -2.23. The fraction of sp³-hybridized carbons (Fsp3) is 0.286. The standard InChI is InChI=1S/C21H20FNO2/c1-13-2-8-19-17(10-13)18-11-15(21(24)25)5-9-20(18)23(19)12-14-3-6-16(22)7-4-14/h2-4,6-8,10,15H,5,9,11-12H2,1H3,(H,24,25). The Balaban J connectivity index is 1.84. The van der Waals surface area contributed by atoms with Gasteiger partial charge in [0.2, 0.25) is 0 Å². The Kier molecular flexibility index (Phi) is 3.83. The van der Waals surface area contributed by atoms with Crippen molar-refractivity contribution in [2.75, 3.05) is 0 Å². The van der Waals surface area contributed by atoms with E-state index in [2.05, 4.69) is 29.7 Å². The van der Waals surface area contributed by atoms with Crippen molar-refractivity contribution in [3.63, 3.8) is 0 Å². The van der Waals surface area contributed by atoms with Crippen LogP contribution in [0.4, 0.5) is 4.39 Å². The normalized spacial score (nSPS) is 16.8. The molecule has 1 unspecified atom stereocenters. The number of hydrogen-bond acceptors (Lipinski definition) is 1. The number of aryl methyl sites for hydroxylation is 1. The molecule has 0 saturated carbocycles. The van der Waals surface area contributed by atoms with Gasteiger partial charge in [-0.2, -0.15) is 0 Å². The van der Waals surface area contributed by atoms with Gasteiger partial charge in [0.1, 0.15) is 5.82 Å². The second kappa shape index (κ2) is 6.03. The molecule has 3 aromatic rings. The van der Waals surface area contributed by atoms with Gasteiger partial charge in [0.15, 0.2) is 0 Å². The molecule has 1 N–H and O–H groups in total. The largest absolute Gasteiger partial charge is 0.481 e. The summed E-state index contributed by atoms with van der Waals surface area (Å²) in [5, 5.41) is 10.6. The van der Waals surface area contributed by atoms with Gasteiger partial charge in [0.25, 0.3) is 0 Å². The number of halogens is 1. The van der Waals surface area contributed by atoms with Gasteiger partial charge >= 0.3 is 5.97 Å². The van der Waals surface area contributed by atoms with Crippen LogP contribution in [0.3, 0.4) is 0 Å². The third-order valence-corrected chi connectivity index (χ3v) is 5.23. The van der Waals surface area contributed by atoms with Crippen molar-refractivity contribution >= 4 is 16.9 Å². The van der Waals surface area contributed by atoms with Crippen molar-refractivity contribution in [3.8, 4) is 0 Å². The molecule has 1 aliphatic carbocycles. The maximum absolute atomic E-state index is 13.2. The molecule has 0 amide bonds. The monoisotopic (exact) mass is 337 g/mol. The Morgan fingerprint density at radius 2 is 2.00 bits per heavy atom. The number of aromatic nitrogens is 1. The number of carboxylic acid groups (broad SMARTS) is 1. The fourth-order valence-electron chi connectivity index (χ4n) is 3.93. The predicted molar refractivity (Wildman–Crippen MR) is 95.3 cm³/mol. The van der Waals surface area contributed by atoms with Crippen LogP contribution >= 0.6 is 0 Å². The summed E-state index contributed by atoms with van der Waals surface area (Å²) < 4.78 is 15.5. The van der Waals surface area contributed by atoms with E-state index in [4.69, 9.17) is 0 Å². The van der Waals surface area contributed by atoms with Gasteiger partial charge in [-0.25, -0.2) is 4.39 Å². The third-order valence-electron chi connectivity index (χ3n) is 5.23. The van der Waals surface area contributed by atoms with E-state index in [0.717, 1.165) is 22.9 Å². The molecule has 3 nitrogen and oxygen atoms in total. The van der Waals surface area contributed by atoms with E-state index in [0.29, 0.717) is 19.4 Å². The van der Waals surface area contributed by atoms with Crippen LogP contribution in [0.5, 0.6) is 0 Å². The highest BCUT2D eigenvalue weighted by Gasteiger charge is 2.29. The van der Waals surface area contributed by atoms with E-state index in [-0.39, 0.29) is 11.7 Å². The van der Waals surface area contributed by atoms with Crippen molar-refractivity contribution in [1.82, 2.24) is 4.57 Å². The fourth-order valence-corrected chi connectivity index (χ4v) is 3.93. The van der Waals surface area contributed by atoms with E-state index in [1.165, 1.54) is 29.0 Å². The average molecular weight is 337 g/mol. The summed E-state index contributed by atoms with van der Waals surface area (Å²) in [7, 11) is 0. The molecule has 4 rings (SSSR count). The van der Waals surface area contributed by atoms with Crippen LogP contribution in [0.25, 0.3) is 10.9 Å². The first kappa shape index (κ1) is 15.9. The van der Waals surface area contributed by atoms with Crippen LogP contribution in [-0.2, 0) is 24.2 Å². The van der Waals surface area contributed by atoms with Gasteiger partial charge in [-0.1, -0.05) is 23.8 Å². The number of carboxylic acids is 1. The first-order chi connectivity index (χ1) is 12.0. The minimum Gasteiger partial charge on any atom is -0.481 e. The Hall–Kier alpha value is -2.62. The molecule has 1 heterocycles. The highest BCUT2D eigenvalue weighted by molar-refractivity contribution is 5.87. The summed E-state index contributed by atoms with van der Waals surface area (Å²) in [6, 6.07) is 12.9. The molecule has 0 fully saturated rings. The van der Waals surface area contributed by atoms with E-state index in [9.17, 15) is 14.3 Å². The Morgan fingerprint density at radius 3 is 2.72 bits per heavy atom. The third kappa shape index (κ3) is 2.82. The van der Waals surface area contributed by atoms with Gasteiger partial charge in [-0.05, 0) is 61.6 Å². The summed E-state index contributed by atoms with van der Waals surface area (Å²) in [6.45, 7) is 2.73. The van der Waals surface area contributed by atoms with Crippen molar-refractivity contribution in [2.24, 2.45) is 5.92 Å². The lowest BCUT2D eigenvalue weighted by Gasteiger charge is -2.21. The SMILES string of the molecule is Cc1ccc2c(c1)c1c(n2Cc2ccc(F)cc2)CCC(C(=O)O)C1. The van der Waals surface area contributed by atoms with Crippen molar-refractivity contribution in [3.05, 3.63) is 70.7 Å². The molecule has 1 aromatic heterocycles. The van der Waals surface area contributed by atoms with Gasteiger partial charge in [0, 0.05) is 23.1 Å². The zero-order chi connectivity index (χ0) is 17.6. The Bertz CT molecular complexity index is 956. The minimum atomic E-state index is -0.710. The highest BCUT2D eigenvalue weighted by atomic mass is 19.1. The first-order valence-corrected chi connectivity index (χ1v) is 8.61. The summed E-state index contributed by atoms with van der Waals surface area (Å²) >= 11 is 0. The Labute approximate surface area is 145 Å². The molecular formula is C21H20FNO2. The smallest absolute Gasteiger partial charge is 0.306 e. The number of benzene rings is 2. The molecule has 0 bridgehead atoms. The van der Waals surface area contributed by atoms with Crippen LogP contribution in [0, 0.1) is 18.7 Å². The molecule has 25 heavy (non-hydrogen) atoms. The van der Waals surface area contributed by atoms with E-state index < -0.39 is 5.97 Å². The number of fused-ring (bicyclic) bond motifs is 3. The molecule has 0 saturated heterocycles. The molecule has 0 spiro atoms. The molecule has 4 heteroatoms. The van der Waals surface area contributed by atoms with Crippen LogP contribution in [0.15, 0.2) is 42.5 Å². The van der Waals surface area contributed by atoms with Crippen LogP contribution in [0.1, 0.15) is 28.8 Å². The van der Waals surface area contributed by atoms with Gasteiger partial charge in [-0.15, -0.1) is 0 Å². The molecule has 0 radical (unpaired) electrons.